The number of hydrogen-bond donors (Lipinski definition) is 0. The second kappa shape index (κ2) is 7.63. The summed E-state index contributed by atoms with van der Waals surface area (Å²) in [6.07, 6.45) is 6.08. The Bertz CT molecular complexity index is 628. The minimum absolute atomic E-state index is 0.175. The Labute approximate surface area is 139 Å². The summed E-state index contributed by atoms with van der Waals surface area (Å²) in [6, 6.07) is 4.09. The zero-order chi connectivity index (χ0) is 16.1. The third kappa shape index (κ3) is 3.93. The normalized spacial score (nSPS) is 18.3. The molecule has 0 aromatic carbocycles. The van der Waals surface area contributed by atoms with E-state index in [1.165, 1.54) is 18.2 Å². The van der Waals surface area contributed by atoms with Gasteiger partial charge in [0, 0.05) is 12.6 Å². The standard InChI is InChI=1S/C15H21N5O2S/c1-2-12-6-3-4-8-19(12)14(21)11-23-15-16-17-18-20(15)10-13-7-5-9-22-13/h5,7,9,12H,2-4,6,8,10-11H2,1H3. The van der Waals surface area contributed by atoms with Gasteiger partial charge in [0.25, 0.3) is 0 Å². The average molecular weight is 335 g/mol. The molecule has 1 saturated heterocycles. The summed E-state index contributed by atoms with van der Waals surface area (Å²) in [5.41, 5.74) is 0. The first-order valence-corrected chi connectivity index (χ1v) is 8.97. The number of furan rings is 1. The summed E-state index contributed by atoms with van der Waals surface area (Å²) in [6.45, 7) is 3.49. The smallest absolute Gasteiger partial charge is 0.233 e. The minimum atomic E-state index is 0.175. The number of piperidine rings is 1. The molecule has 0 N–H and O–H groups in total. The number of nitrogens with zero attached hydrogens (tertiary/aromatic N) is 5. The maximum atomic E-state index is 12.5. The highest BCUT2D eigenvalue weighted by molar-refractivity contribution is 7.99. The van der Waals surface area contributed by atoms with Crippen LogP contribution in [0, 0.1) is 0 Å². The summed E-state index contributed by atoms with van der Waals surface area (Å²) >= 11 is 1.38. The van der Waals surface area contributed by atoms with E-state index in [2.05, 4.69) is 22.4 Å². The van der Waals surface area contributed by atoms with Crippen molar-refractivity contribution < 1.29 is 9.21 Å². The third-order valence-corrected chi connectivity index (χ3v) is 5.07. The number of carbonyl (C=O) groups excluding carboxylic acids is 1. The SMILES string of the molecule is CCC1CCCCN1C(=O)CSc1nnnn1Cc1ccco1. The highest BCUT2D eigenvalue weighted by Crippen LogP contribution is 2.22. The molecule has 8 heteroatoms. The molecule has 0 bridgehead atoms. The van der Waals surface area contributed by atoms with Crippen LogP contribution in [0.4, 0.5) is 0 Å². The number of thioether (sulfide) groups is 1. The molecule has 3 rings (SSSR count). The second-order valence-electron chi connectivity index (χ2n) is 5.63. The molecule has 0 spiro atoms. The van der Waals surface area contributed by atoms with Crippen LogP contribution in [0.3, 0.4) is 0 Å². The lowest BCUT2D eigenvalue weighted by molar-refractivity contribution is -0.132. The van der Waals surface area contributed by atoms with Gasteiger partial charge in [0.1, 0.15) is 12.3 Å². The van der Waals surface area contributed by atoms with E-state index >= 15 is 0 Å². The van der Waals surface area contributed by atoms with Gasteiger partial charge in [-0.15, -0.1) is 5.10 Å². The lowest BCUT2D eigenvalue weighted by Gasteiger charge is -2.35. The summed E-state index contributed by atoms with van der Waals surface area (Å²) in [5, 5.41) is 12.3. The van der Waals surface area contributed by atoms with Crippen LogP contribution < -0.4 is 0 Å². The first kappa shape index (κ1) is 16.0. The maximum Gasteiger partial charge on any atom is 0.233 e. The number of hydrogen-bond acceptors (Lipinski definition) is 6. The molecule has 0 saturated carbocycles. The zero-order valence-electron chi connectivity index (χ0n) is 13.2. The number of tetrazole rings is 1. The largest absolute Gasteiger partial charge is 0.467 e. The van der Waals surface area contributed by atoms with E-state index < -0.39 is 0 Å². The van der Waals surface area contributed by atoms with Crippen LogP contribution in [0.15, 0.2) is 28.0 Å². The number of carbonyl (C=O) groups is 1. The van der Waals surface area contributed by atoms with Crippen LogP contribution in [0.5, 0.6) is 0 Å². The molecule has 1 amide bonds. The summed E-state index contributed by atoms with van der Waals surface area (Å²) in [7, 11) is 0. The zero-order valence-corrected chi connectivity index (χ0v) is 14.0. The highest BCUT2D eigenvalue weighted by Gasteiger charge is 2.25. The van der Waals surface area contributed by atoms with Crippen LogP contribution in [0.25, 0.3) is 0 Å². The molecule has 124 valence electrons. The molecule has 3 heterocycles. The second-order valence-corrected chi connectivity index (χ2v) is 6.57. The van der Waals surface area contributed by atoms with E-state index in [1.807, 2.05) is 17.0 Å². The predicted molar refractivity (Wildman–Crippen MR) is 86.0 cm³/mol. The Hall–Kier alpha value is -1.83. The summed E-state index contributed by atoms with van der Waals surface area (Å²) in [4.78, 5) is 14.5. The molecule has 1 unspecified atom stereocenters. The van der Waals surface area contributed by atoms with Gasteiger partial charge in [-0.2, -0.15) is 0 Å². The van der Waals surface area contributed by atoms with Crippen molar-refractivity contribution in [3.63, 3.8) is 0 Å². The Balaban J connectivity index is 1.58. The molecule has 2 aromatic rings. The van der Waals surface area contributed by atoms with Gasteiger partial charge in [0.05, 0.1) is 12.0 Å². The Morgan fingerprint density at radius 3 is 3.17 bits per heavy atom. The van der Waals surface area contributed by atoms with Crippen LogP contribution >= 0.6 is 11.8 Å². The third-order valence-electron chi connectivity index (χ3n) is 4.13. The van der Waals surface area contributed by atoms with E-state index in [9.17, 15) is 4.79 Å². The van der Waals surface area contributed by atoms with Gasteiger partial charge in [-0.05, 0) is 48.2 Å². The summed E-state index contributed by atoms with van der Waals surface area (Å²) < 4.78 is 6.97. The molecule has 7 nitrogen and oxygen atoms in total. The van der Waals surface area contributed by atoms with Gasteiger partial charge in [0.2, 0.25) is 11.1 Å². The molecule has 1 aliphatic rings. The van der Waals surface area contributed by atoms with Crippen LogP contribution in [-0.4, -0.2) is 49.4 Å². The molecular weight excluding hydrogens is 314 g/mol. The van der Waals surface area contributed by atoms with Gasteiger partial charge in [-0.1, -0.05) is 18.7 Å². The fourth-order valence-electron chi connectivity index (χ4n) is 2.91. The number of likely N-dealkylation sites (tertiary alicyclic amines) is 1. The highest BCUT2D eigenvalue weighted by atomic mass is 32.2. The van der Waals surface area contributed by atoms with Gasteiger partial charge >= 0.3 is 0 Å². The van der Waals surface area contributed by atoms with E-state index in [0.29, 0.717) is 23.5 Å². The molecule has 1 fully saturated rings. The maximum absolute atomic E-state index is 12.5. The van der Waals surface area contributed by atoms with Crippen molar-refractivity contribution in [2.75, 3.05) is 12.3 Å². The number of aromatic nitrogens is 4. The minimum Gasteiger partial charge on any atom is -0.467 e. The molecular formula is C15H21N5O2S. The molecule has 1 atom stereocenters. The van der Waals surface area contributed by atoms with Gasteiger partial charge in [0.15, 0.2) is 0 Å². The van der Waals surface area contributed by atoms with E-state index in [0.717, 1.165) is 31.6 Å². The summed E-state index contributed by atoms with van der Waals surface area (Å²) in [5.74, 6) is 1.33. The Morgan fingerprint density at radius 2 is 2.39 bits per heavy atom. The van der Waals surface area contributed by atoms with Crippen molar-refractivity contribution in [2.45, 2.75) is 50.4 Å². The van der Waals surface area contributed by atoms with E-state index in [-0.39, 0.29) is 5.91 Å². The molecule has 23 heavy (non-hydrogen) atoms. The first-order valence-electron chi connectivity index (χ1n) is 7.98. The van der Waals surface area contributed by atoms with Crippen molar-refractivity contribution in [1.82, 2.24) is 25.1 Å². The Morgan fingerprint density at radius 1 is 1.48 bits per heavy atom. The van der Waals surface area contributed by atoms with Crippen molar-refractivity contribution in [3.8, 4) is 0 Å². The number of rotatable bonds is 6. The fraction of sp³-hybridized carbons (Fsp3) is 0.600. The van der Waals surface area contributed by atoms with Crippen molar-refractivity contribution in [2.24, 2.45) is 0 Å². The quantitative estimate of drug-likeness (QED) is 0.753. The topological polar surface area (TPSA) is 77.1 Å². The number of amides is 1. The van der Waals surface area contributed by atoms with Gasteiger partial charge < -0.3 is 9.32 Å². The van der Waals surface area contributed by atoms with Crippen molar-refractivity contribution >= 4 is 17.7 Å². The van der Waals surface area contributed by atoms with Crippen LogP contribution in [0.1, 0.15) is 38.4 Å². The Kier molecular flexibility index (Phi) is 5.32. The lowest BCUT2D eigenvalue weighted by atomic mass is 10.0. The van der Waals surface area contributed by atoms with Crippen molar-refractivity contribution in [1.29, 1.82) is 0 Å². The van der Waals surface area contributed by atoms with Gasteiger partial charge in [-0.25, -0.2) is 4.68 Å². The first-order chi connectivity index (χ1) is 11.3. The molecule has 0 aliphatic carbocycles. The molecule has 0 radical (unpaired) electrons. The van der Waals surface area contributed by atoms with E-state index in [4.69, 9.17) is 4.42 Å². The van der Waals surface area contributed by atoms with Crippen molar-refractivity contribution in [3.05, 3.63) is 24.2 Å². The van der Waals surface area contributed by atoms with Crippen LogP contribution in [0.2, 0.25) is 0 Å². The molecule has 1 aliphatic heterocycles. The van der Waals surface area contributed by atoms with Crippen LogP contribution in [-0.2, 0) is 11.3 Å². The van der Waals surface area contributed by atoms with Gasteiger partial charge in [-0.3, -0.25) is 4.79 Å². The average Bonchev–Trinajstić information content (AvgIpc) is 3.25. The molecule has 2 aromatic heterocycles. The van der Waals surface area contributed by atoms with E-state index in [1.54, 1.807) is 10.9 Å². The lowest BCUT2D eigenvalue weighted by Crippen LogP contribution is -2.44. The predicted octanol–water partition coefficient (Wildman–Crippen LogP) is 2.20. The fourth-order valence-corrected chi connectivity index (χ4v) is 3.67. The monoisotopic (exact) mass is 335 g/mol.